The summed E-state index contributed by atoms with van der Waals surface area (Å²) in [5.74, 6) is -1.54. The number of piperidine rings is 1. The zero-order valence-corrected chi connectivity index (χ0v) is 13.2. The van der Waals surface area contributed by atoms with Crippen molar-refractivity contribution in [2.75, 3.05) is 6.54 Å². The summed E-state index contributed by atoms with van der Waals surface area (Å²) in [6.45, 7) is 4.04. The summed E-state index contributed by atoms with van der Waals surface area (Å²) < 4.78 is 0. The van der Waals surface area contributed by atoms with Crippen molar-refractivity contribution < 1.29 is 19.6 Å². The Morgan fingerprint density at radius 3 is 2.61 bits per heavy atom. The fourth-order valence-corrected chi connectivity index (χ4v) is 2.92. The molecule has 1 fully saturated rings. The molecule has 0 aromatic heterocycles. The Kier molecular flexibility index (Phi) is 4.98. The molecular weight excluding hydrogens is 300 g/mol. The number of nitrogens with zero attached hydrogens (tertiary/aromatic N) is 2. The summed E-state index contributed by atoms with van der Waals surface area (Å²) in [5, 5.41) is 20.5. The van der Waals surface area contributed by atoms with Crippen LogP contribution >= 0.6 is 0 Å². The van der Waals surface area contributed by atoms with Crippen molar-refractivity contribution in [1.82, 2.24) is 4.90 Å². The summed E-state index contributed by atoms with van der Waals surface area (Å²) in [4.78, 5) is 36.0. The second-order valence-corrected chi connectivity index (χ2v) is 6.03. The molecule has 1 aliphatic heterocycles. The molecule has 0 aliphatic carbocycles. The van der Waals surface area contributed by atoms with Gasteiger partial charge in [-0.2, -0.15) is 0 Å². The minimum atomic E-state index is -1.04. The zero-order valence-electron chi connectivity index (χ0n) is 13.2. The van der Waals surface area contributed by atoms with Gasteiger partial charge in [-0.3, -0.25) is 14.9 Å². The molecule has 1 atom stereocenters. The smallest absolute Gasteiger partial charge is 0.326 e. The first-order valence-electron chi connectivity index (χ1n) is 7.65. The minimum Gasteiger partial charge on any atom is -0.480 e. The number of hydrogen-bond donors (Lipinski definition) is 1. The lowest BCUT2D eigenvalue weighted by atomic mass is 9.97. The molecule has 1 aromatic rings. The number of nitro benzene ring substituents is 1. The molecule has 0 spiro atoms. The van der Waals surface area contributed by atoms with Gasteiger partial charge in [-0.05, 0) is 31.2 Å². The Morgan fingerprint density at radius 1 is 1.35 bits per heavy atom. The van der Waals surface area contributed by atoms with E-state index in [-0.39, 0.29) is 17.2 Å². The summed E-state index contributed by atoms with van der Waals surface area (Å²) in [6, 6.07) is 3.51. The van der Waals surface area contributed by atoms with Crippen LogP contribution in [0.5, 0.6) is 0 Å². The van der Waals surface area contributed by atoms with Crippen LogP contribution in [0, 0.1) is 10.1 Å². The van der Waals surface area contributed by atoms with Gasteiger partial charge in [0, 0.05) is 23.7 Å². The third kappa shape index (κ3) is 3.49. The van der Waals surface area contributed by atoms with Gasteiger partial charge in [0.25, 0.3) is 11.6 Å². The monoisotopic (exact) mass is 320 g/mol. The molecule has 1 unspecified atom stereocenters. The molecule has 0 saturated carbocycles. The molecule has 2 rings (SSSR count). The van der Waals surface area contributed by atoms with Gasteiger partial charge >= 0.3 is 5.97 Å². The number of carbonyl (C=O) groups excluding carboxylic acids is 1. The Morgan fingerprint density at radius 2 is 2.04 bits per heavy atom. The number of carbonyl (C=O) groups is 2. The van der Waals surface area contributed by atoms with Crippen molar-refractivity contribution in [1.29, 1.82) is 0 Å². The lowest BCUT2D eigenvalue weighted by Crippen LogP contribution is -2.48. The van der Waals surface area contributed by atoms with E-state index in [0.29, 0.717) is 18.5 Å². The largest absolute Gasteiger partial charge is 0.480 e. The van der Waals surface area contributed by atoms with Crippen LogP contribution in [-0.4, -0.2) is 39.4 Å². The molecule has 23 heavy (non-hydrogen) atoms. The minimum absolute atomic E-state index is 0.0405. The maximum Gasteiger partial charge on any atom is 0.326 e. The number of carboxylic acids is 1. The van der Waals surface area contributed by atoms with E-state index in [9.17, 15) is 24.8 Å². The van der Waals surface area contributed by atoms with Gasteiger partial charge in [0.1, 0.15) is 6.04 Å². The van der Waals surface area contributed by atoms with Crippen molar-refractivity contribution in [3.63, 3.8) is 0 Å². The second-order valence-electron chi connectivity index (χ2n) is 6.03. The molecule has 0 bridgehead atoms. The molecule has 1 N–H and O–H groups in total. The van der Waals surface area contributed by atoms with Crippen molar-refractivity contribution in [2.24, 2.45) is 0 Å². The van der Waals surface area contributed by atoms with Crippen molar-refractivity contribution in [3.05, 3.63) is 39.4 Å². The standard InChI is InChI=1S/C16H20N2O5/c1-10(2)12-7-6-11(9-14(12)18(22)23)15(19)17-8-4-3-5-13(17)16(20)21/h6-7,9-10,13H,3-5,8H2,1-2H3,(H,20,21). The Labute approximate surface area is 134 Å². The van der Waals surface area contributed by atoms with Crippen LogP contribution in [-0.2, 0) is 4.79 Å². The molecule has 1 amide bonds. The number of likely N-dealkylation sites (tertiary alicyclic amines) is 1. The van der Waals surface area contributed by atoms with E-state index in [1.807, 2.05) is 13.8 Å². The van der Waals surface area contributed by atoms with Gasteiger partial charge in [0.2, 0.25) is 0 Å². The van der Waals surface area contributed by atoms with Gasteiger partial charge in [0.05, 0.1) is 4.92 Å². The van der Waals surface area contributed by atoms with Crippen LogP contribution < -0.4 is 0 Å². The predicted octanol–water partition coefficient (Wildman–Crippen LogP) is 2.80. The first kappa shape index (κ1) is 16.9. The molecule has 1 aromatic carbocycles. The average molecular weight is 320 g/mol. The number of amides is 1. The Bertz CT molecular complexity index is 641. The number of benzene rings is 1. The van der Waals surface area contributed by atoms with E-state index < -0.39 is 22.8 Å². The van der Waals surface area contributed by atoms with Crippen LogP contribution in [0.3, 0.4) is 0 Å². The van der Waals surface area contributed by atoms with Crippen LogP contribution in [0.2, 0.25) is 0 Å². The SMILES string of the molecule is CC(C)c1ccc(C(=O)N2CCCCC2C(=O)O)cc1[N+](=O)[O-]. The number of aliphatic carboxylic acids is 1. The van der Waals surface area contributed by atoms with E-state index in [0.717, 1.165) is 12.8 Å². The highest BCUT2D eigenvalue weighted by Crippen LogP contribution is 2.28. The second kappa shape index (κ2) is 6.76. The fourth-order valence-electron chi connectivity index (χ4n) is 2.92. The van der Waals surface area contributed by atoms with E-state index in [2.05, 4.69) is 0 Å². The molecule has 7 nitrogen and oxygen atoms in total. The topological polar surface area (TPSA) is 101 Å². The van der Waals surface area contributed by atoms with Crippen LogP contribution in [0.15, 0.2) is 18.2 Å². The van der Waals surface area contributed by atoms with Gasteiger partial charge < -0.3 is 10.0 Å². The van der Waals surface area contributed by atoms with Crippen LogP contribution in [0.25, 0.3) is 0 Å². The Balaban J connectivity index is 2.37. The third-order valence-electron chi connectivity index (χ3n) is 4.14. The molecule has 1 aliphatic rings. The third-order valence-corrected chi connectivity index (χ3v) is 4.14. The summed E-state index contributed by atoms with van der Waals surface area (Å²) in [6.07, 6.45) is 1.90. The van der Waals surface area contributed by atoms with Crippen molar-refractivity contribution in [2.45, 2.75) is 45.1 Å². The molecule has 1 saturated heterocycles. The molecule has 7 heteroatoms. The highest BCUT2D eigenvalue weighted by molar-refractivity contribution is 5.97. The number of nitro groups is 1. The van der Waals surface area contributed by atoms with Crippen LogP contribution in [0.4, 0.5) is 5.69 Å². The summed E-state index contributed by atoms with van der Waals surface area (Å²) in [5.41, 5.74) is 0.615. The van der Waals surface area contributed by atoms with E-state index in [1.165, 1.54) is 17.0 Å². The normalized spacial score (nSPS) is 18.0. The highest BCUT2D eigenvalue weighted by atomic mass is 16.6. The molecule has 0 radical (unpaired) electrons. The van der Waals surface area contributed by atoms with Gasteiger partial charge in [0.15, 0.2) is 0 Å². The maximum absolute atomic E-state index is 12.6. The van der Waals surface area contributed by atoms with E-state index in [1.54, 1.807) is 6.07 Å². The number of carboxylic acid groups (broad SMARTS) is 1. The summed E-state index contributed by atoms with van der Waals surface area (Å²) >= 11 is 0. The molecular formula is C16H20N2O5. The van der Waals surface area contributed by atoms with Crippen LogP contribution in [0.1, 0.15) is 54.9 Å². The average Bonchev–Trinajstić information content (AvgIpc) is 2.53. The highest BCUT2D eigenvalue weighted by Gasteiger charge is 2.33. The first-order valence-corrected chi connectivity index (χ1v) is 7.65. The quantitative estimate of drug-likeness (QED) is 0.679. The summed E-state index contributed by atoms with van der Waals surface area (Å²) in [7, 11) is 0. The predicted molar refractivity (Wildman–Crippen MR) is 83.5 cm³/mol. The maximum atomic E-state index is 12.6. The van der Waals surface area contributed by atoms with E-state index in [4.69, 9.17) is 0 Å². The van der Waals surface area contributed by atoms with Crippen molar-refractivity contribution >= 4 is 17.6 Å². The van der Waals surface area contributed by atoms with E-state index >= 15 is 0 Å². The van der Waals surface area contributed by atoms with Gasteiger partial charge in [-0.1, -0.05) is 19.9 Å². The number of hydrogen-bond acceptors (Lipinski definition) is 4. The molecule has 124 valence electrons. The first-order chi connectivity index (χ1) is 10.8. The fraction of sp³-hybridized carbons (Fsp3) is 0.500. The van der Waals surface area contributed by atoms with Gasteiger partial charge in [-0.15, -0.1) is 0 Å². The van der Waals surface area contributed by atoms with Crippen molar-refractivity contribution in [3.8, 4) is 0 Å². The van der Waals surface area contributed by atoms with Gasteiger partial charge in [-0.25, -0.2) is 4.79 Å². The Hall–Kier alpha value is -2.44. The zero-order chi connectivity index (χ0) is 17.1. The number of rotatable bonds is 4. The lowest BCUT2D eigenvalue weighted by Gasteiger charge is -2.33. The lowest BCUT2D eigenvalue weighted by molar-refractivity contribution is -0.385. The molecule has 1 heterocycles.